The molecule has 1 aliphatic rings. The number of carbonyl (C=O) groups is 1. The lowest BCUT2D eigenvalue weighted by Gasteiger charge is -2.28. The first kappa shape index (κ1) is 15.4. The van der Waals surface area contributed by atoms with Gasteiger partial charge in [-0.2, -0.15) is 15.1 Å². The summed E-state index contributed by atoms with van der Waals surface area (Å²) < 4.78 is 7.07. The predicted octanol–water partition coefficient (Wildman–Crippen LogP) is 1.07. The highest BCUT2D eigenvalue weighted by Gasteiger charge is 2.17. The van der Waals surface area contributed by atoms with Crippen LogP contribution < -0.4 is 10.2 Å². The number of anilines is 2. The SMILES string of the molecule is CC(=O)Nc1cc(N2CCOCC2)nc(-n2nc(C)cc2C)n1. The third-order valence-electron chi connectivity index (χ3n) is 3.54. The number of carbonyl (C=O) groups excluding carboxylic acids is 1. The van der Waals surface area contributed by atoms with Crippen LogP contribution in [0.1, 0.15) is 18.3 Å². The molecule has 0 bridgehead atoms. The van der Waals surface area contributed by atoms with Crippen LogP contribution in [0.25, 0.3) is 5.95 Å². The second-order valence-electron chi connectivity index (χ2n) is 5.53. The highest BCUT2D eigenvalue weighted by Crippen LogP contribution is 2.20. The molecular formula is C15H20N6O2. The van der Waals surface area contributed by atoms with Crippen molar-refractivity contribution in [3.05, 3.63) is 23.5 Å². The summed E-state index contributed by atoms with van der Waals surface area (Å²) in [5.41, 5.74) is 1.83. The maximum Gasteiger partial charge on any atom is 0.254 e. The molecule has 23 heavy (non-hydrogen) atoms. The number of hydrogen-bond donors (Lipinski definition) is 1. The smallest absolute Gasteiger partial charge is 0.254 e. The van der Waals surface area contributed by atoms with Gasteiger partial charge in [0, 0.05) is 31.8 Å². The number of hydrogen-bond acceptors (Lipinski definition) is 6. The summed E-state index contributed by atoms with van der Waals surface area (Å²) in [6, 6.07) is 3.74. The minimum absolute atomic E-state index is 0.170. The van der Waals surface area contributed by atoms with Crippen LogP contribution >= 0.6 is 0 Å². The molecule has 0 radical (unpaired) electrons. The average Bonchev–Trinajstić information content (AvgIpc) is 2.86. The summed E-state index contributed by atoms with van der Waals surface area (Å²) >= 11 is 0. The fourth-order valence-electron chi connectivity index (χ4n) is 2.55. The largest absolute Gasteiger partial charge is 0.378 e. The molecular weight excluding hydrogens is 296 g/mol. The van der Waals surface area contributed by atoms with Crippen molar-refractivity contribution in [2.45, 2.75) is 20.8 Å². The Kier molecular flexibility index (Phi) is 4.24. The molecule has 8 nitrogen and oxygen atoms in total. The van der Waals surface area contributed by atoms with Gasteiger partial charge >= 0.3 is 0 Å². The van der Waals surface area contributed by atoms with E-state index in [4.69, 9.17) is 4.74 Å². The van der Waals surface area contributed by atoms with Gasteiger partial charge in [-0.15, -0.1) is 0 Å². The van der Waals surface area contributed by atoms with Gasteiger partial charge in [0.05, 0.1) is 18.9 Å². The topological polar surface area (TPSA) is 85.2 Å². The fraction of sp³-hybridized carbons (Fsp3) is 0.467. The predicted molar refractivity (Wildman–Crippen MR) is 86.0 cm³/mol. The molecule has 1 N–H and O–H groups in total. The van der Waals surface area contributed by atoms with E-state index >= 15 is 0 Å². The highest BCUT2D eigenvalue weighted by atomic mass is 16.5. The van der Waals surface area contributed by atoms with Crippen molar-refractivity contribution < 1.29 is 9.53 Å². The number of ether oxygens (including phenoxy) is 1. The first-order valence-electron chi connectivity index (χ1n) is 7.56. The first-order valence-corrected chi connectivity index (χ1v) is 7.56. The Morgan fingerprint density at radius 1 is 1.22 bits per heavy atom. The van der Waals surface area contributed by atoms with Gasteiger partial charge in [0.1, 0.15) is 11.6 Å². The second kappa shape index (κ2) is 6.33. The molecule has 1 amide bonds. The number of nitrogens with one attached hydrogen (secondary N) is 1. The standard InChI is InChI=1S/C15H20N6O2/c1-10-8-11(2)21(19-10)15-17-13(16-12(3)22)9-14(18-15)20-4-6-23-7-5-20/h8-9H,4-7H2,1-3H3,(H,16,17,18,22). The summed E-state index contributed by atoms with van der Waals surface area (Å²) in [6.07, 6.45) is 0. The van der Waals surface area contributed by atoms with Gasteiger partial charge in [0.2, 0.25) is 5.91 Å². The summed E-state index contributed by atoms with van der Waals surface area (Å²) in [4.78, 5) is 22.5. The van der Waals surface area contributed by atoms with Crippen LogP contribution in [0.15, 0.2) is 12.1 Å². The molecule has 0 atom stereocenters. The summed E-state index contributed by atoms with van der Waals surface area (Å²) in [5.74, 6) is 1.51. The average molecular weight is 316 g/mol. The quantitative estimate of drug-likeness (QED) is 0.912. The molecule has 0 aliphatic carbocycles. The third kappa shape index (κ3) is 3.48. The lowest BCUT2D eigenvalue weighted by atomic mass is 10.4. The third-order valence-corrected chi connectivity index (χ3v) is 3.54. The van der Waals surface area contributed by atoms with Crippen LogP contribution in [0.4, 0.5) is 11.6 Å². The summed E-state index contributed by atoms with van der Waals surface area (Å²) in [7, 11) is 0. The summed E-state index contributed by atoms with van der Waals surface area (Å²) in [6.45, 7) is 8.16. The molecule has 2 aromatic rings. The van der Waals surface area contributed by atoms with Crippen LogP contribution in [-0.2, 0) is 9.53 Å². The van der Waals surface area contributed by atoms with E-state index in [-0.39, 0.29) is 5.91 Å². The van der Waals surface area contributed by atoms with Crippen molar-refractivity contribution in [1.82, 2.24) is 19.7 Å². The summed E-state index contributed by atoms with van der Waals surface area (Å²) in [5, 5.41) is 7.15. The van der Waals surface area contributed by atoms with Crippen molar-refractivity contribution in [1.29, 1.82) is 0 Å². The van der Waals surface area contributed by atoms with E-state index in [0.29, 0.717) is 25.0 Å². The van der Waals surface area contributed by atoms with Gasteiger partial charge in [0.15, 0.2) is 0 Å². The van der Waals surface area contributed by atoms with Crippen molar-refractivity contribution in [3.8, 4) is 5.95 Å². The van der Waals surface area contributed by atoms with Gasteiger partial charge in [-0.1, -0.05) is 0 Å². The Morgan fingerprint density at radius 3 is 2.57 bits per heavy atom. The normalized spacial score (nSPS) is 14.8. The highest BCUT2D eigenvalue weighted by molar-refractivity contribution is 5.88. The maximum atomic E-state index is 11.4. The Bertz CT molecular complexity index is 721. The van der Waals surface area contributed by atoms with Gasteiger partial charge < -0.3 is 15.0 Å². The van der Waals surface area contributed by atoms with E-state index in [9.17, 15) is 4.79 Å². The molecule has 0 saturated carbocycles. The molecule has 8 heteroatoms. The number of rotatable bonds is 3. The van der Waals surface area contributed by atoms with E-state index in [1.807, 2.05) is 19.9 Å². The van der Waals surface area contributed by atoms with Gasteiger partial charge in [-0.25, -0.2) is 4.68 Å². The van der Waals surface area contributed by atoms with Crippen LogP contribution in [0.2, 0.25) is 0 Å². The lowest BCUT2D eigenvalue weighted by Crippen LogP contribution is -2.37. The Hall–Kier alpha value is -2.48. The molecule has 0 aromatic carbocycles. The number of amides is 1. The first-order chi connectivity index (χ1) is 11.0. The van der Waals surface area contributed by atoms with Crippen LogP contribution in [-0.4, -0.2) is 52.0 Å². The van der Waals surface area contributed by atoms with Crippen molar-refractivity contribution in [2.24, 2.45) is 0 Å². The monoisotopic (exact) mass is 316 g/mol. The van der Waals surface area contributed by atoms with E-state index in [2.05, 4.69) is 25.3 Å². The second-order valence-corrected chi connectivity index (χ2v) is 5.53. The van der Waals surface area contributed by atoms with E-state index in [1.165, 1.54) is 6.92 Å². The van der Waals surface area contributed by atoms with Crippen molar-refractivity contribution in [2.75, 3.05) is 36.5 Å². The van der Waals surface area contributed by atoms with Crippen LogP contribution in [0, 0.1) is 13.8 Å². The van der Waals surface area contributed by atoms with Gasteiger partial charge in [-0.05, 0) is 19.9 Å². The molecule has 1 saturated heterocycles. The van der Waals surface area contributed by atoms with E-state index in [1.54, 1.807) is 10.7 Å². The molecule has 1 aliphatic heterocycles. The number of morpholine rings is 1. The van der Waals surface area contributed by atoms with Crippen molar-refractivity contribution in [3.63, 3.8) is 0 Å². The molecule has 3 rings (SSSR count). The zero-order valence-electron chi connectivity index (χ0n) is 13.5. The molecule has 1 fully saturated rings. The minimum Gasteiger partial charge on any atom is -0.378 e. The van der Waals surface area contributed by atoms with E-state index < -0.39 is 0 Å². The zero-order valence-corrected chi connectivity index (χ0v) is 13.5. The van der Waals surface area contributed by atoms with Crippen LogP contribution in [0.3, 0.4) is 0 Å². The molecule has 0 unspecified atom stereocenters. The van der Waals surface area contributed by atoms with Crippen LogP contribution in [0.5, 0.6) is 0 Å². The lowest BCUT2D eigenvalue weighted by molar-refractivity contribution is -0.114. The minimum atomic E-state index is -0.170. The number of aryl methyl sites for hydroxylation is 2. The molecule has 0 spiro atoms. The van der Waals surface area contributed by atoms with Gasteiger partial charge in [-0.3, -0.25) is 4.79 Å². The molecule has 2 aromatic heterocycles. The zero-order chi connectivity index (χ0) is 16.4. The van der Waals surface area contributed by atoms with Gasteiger partial charge in [0.25, 0.3) is 5.95 Å². The molecule has 122 valence electrons. The fourth-order valence-corrected chi connectivity index (χ4v) is 2.55. The van der Waals surface area contributed by atoms with E-state index in [0.717, 1.165) is 30.3 Å². The number of aromatic nitrogens is 4. The Labute approximate surface area is 134 Å². The molecule has 3 heterocycles. The number of nitrogens with zero attached hydrogens (tertiary/aromatic N) is 5. The Morgan fingerprint density at radius 2 is 1.96 bits per heavy atom. The van der Waals surface area contributed by atoms with Crippen molar-refractivity contribution >= 4 is 17.5 Å². The maximum absolute atomic E-state index is 11.4. The Balaban J connectivity index is 2.03.